The summed E-state index contributed by atoms with van der Waals surface area (Å²) in [6.45, 7) is 6.98. The van der Waals surface area contributed by atoms with Gasteiger partial charge in [0.2, 0.25) is 0 Å². The molecular formula is C10H21NO. The minimum atomic E-state index is 0.163. The molecule has 1 rings (SSSR count). The minimum Gasteiger partial charge on any atom is -0.396 e. The summed E-state index contributed by atoms with van der Waals surface area (Å²) < 4.78 is 0. The predicted molar refractivity (Wildman–Crippen MR) is 51.2 cm³/mol. The van der Waals surface area contributed by atoms with E-state index in [1.54, 1.807) is 0 Å². The van der Waals surface area contributed by atoms with Gasteiger partial charge in [-0.25, -0.2) is 0 Å². The van der Waals surface area contributed by atoms with Gasteiger partial charge < -0.3 is 10.4 Å². The van der Waals surface area contributed by atoms with Crippen LogP contribution in [0.2, 0.25) is 0 Å². The van der Waals surface area contributed by atoms with Gasteiger partial charge in [-0.05, 0) is 46.5 Å². The Morgan fingerprint density at radius 3 is 2.42 bits per heavy atom. The van der Waals surface area contributed by atoms with E-state index in [1.807, 2.05) is 0 Å². The molecule has 0 aliphatic carbocycles. The highest BCUT2D eigenvalue weighted by atomic mass is 16.3. The first-order valence-corrected chi connectivity index (χ1v) is 4.88. The molecule has 0 amide bonds. The lowest BCUT2D eigenvalue weighted by Crippen LogP contribution is -2.57. The molecule has 1 aliphatic rings. The number of aliphatic hydroxyl groups is 1. The summed E-state index contributed by atoms with van der Waals surface area (Å²) in [5.74, 6) is 0. The summed E-state index contributed by atoms with van der Waals surface area (Å²) in [6, 6.07) is 0. The molecule has 2 nitrogen and oxygen atoms in total. The van der Waals surface area contributed by atoms with Crippen molar-refractivity contribution in [2.75, 3.05) is 6.61 Å². The van der Waals surface area contributed by atoms with Crippen molar-refractivity contribution < 1.29 is 5.11 Å². The summed E-state index contributed by atoms with van der Waals surface area (Å²) in [5.41, 5.74) is 0.415. The fourth-order valence-corrected chi connectivity index (χ4v) is 2.30. The summed E-state index contributed by atoms with van der Waals surface area (Å²) in [6.07, 6.45) is 4.58. The zero-order valence-corrected chi connectivity index (χ0v) is 8.48. The third-order valence-electron chi connectivity index (χ3n) is 2.83. The van der Waals surface area contributed by atoms with E-state index in [0.717, 1.165) is 6.42 Å². The smallest absolute Gasteiger partial charge is 0.0448 e. The van der Waals surface area contributed by atoms with E-state index >= 15 is 0 Å². The van der Waals surface area contributed by atoms with Crippen molar-refractivity contribution in [3.05, 3.63) is 0 Å². The monoisotopic (exact) mass is 171 g/mol. The van der Waals surface area contributed by atoms with Crippen molar-refractivity contribution in [3.8, 4) is 0 Å². The molecule has 0 bridgehead atoms. The van der Waals surface area contributed by atoms with Crippen LogP contribution in [0.5, 0.6) is 0 Å². The number of aliphatic hydroxyl groups excluding tert-OH is 1. The lowest BCUT2D eigenvalue weighted by atomic mass is 9.80. The summed E-state index contributed by atoms with van der Waals surface area (Å²) >= 11 is 0. The molecule has 12 heavy (non-hydrogen) atoms. The topological polar surface area (TPSA) is 32.3 Å². The molecule has 0 aromatic heterocycles. The Balaban J connectivity index is 2.55. The number of hydrogen-bond acceptors (Lipinski definition) is 2. The van der Waals surface area contributed by atoms with Crippen molar-refractivity contribution in [1.29, 1.82) is 0 Å². The predicted octanol–water partition coefficient (Wildman–Crippen LogP) is 1.68. The maximum atomic E-state index is 8.91. The summed E-state index contributed by atoms with van der Waals surface area (Å²) in [7, 11) is 0. The Morgan fingerprint density at radius 1 is 1.25 bits per heavy atom. The van der Waals surface area contributed by atoms with Gasteiger partial charge in [0.15, 0.2) is 0 Å². The number of rotatable bonds is 2. The van der Waals surface area contributed by atoms with Crippen molar-refractivity contribution >= 4 is 0 Å². The highest BCUT2D eigenvalue weighted by molar-refractivity contribution is 4.95. The van der Waals surface area contributed by atoms with Gasteiger partial charge in [0.1, 0.15) is 0 Å². The Morgan fingerprint density at radius 2 is 1.92 bits per heavy atom. The maximum absolute atomic E-state index is 8.91. The van der Waals surface area contributed by atoms with Crippen molar-refractivity contribution in [2.45, 2.75) is 57.5 Å². The molecule has 1 unspecified atom stereocenters. The maximum Gasteiger partial charge on any atom is 0.0448 e. The van der Waals surface area contributed by atoms with Gasteiger partial charge >= 0.3 is 0 Å². The average Bonchev–Trinajstić information content (AvgIpc) is 1.83. The normalized spacial score (nSPS) is 35.0. The SMILES string of the molecule is CC1(C)CCCC(C)(CCO)N1. The molecule has 1 aliphatic heterocycles. The fraction of sp³-hybridized carbons (Fsp3) is 1.00. The Bertz CT molecular complexity index is 152. The molecule has 2 N–H and O–H groups in total. The van der Waals surface area contributed by atoms with Crippen LogP contribution >= 0.6 is 0 Å². The standard InChI is InChI=1S/C10H21NO/c1-9(2)5-4-6-10(3,11-9)7-8-12/h11-12H,4-8H2,1-3H3. The van der Waals surface area contributed by atoms with Crippen LogP contribution in [0.3, 0.4) is 0 Å². The highest BCUT2D eigenvalue weighted by Gasteiger charge is 2.34. The number of nitrogens with one attached hydrogen (secondary N) is 1. The molecule has 0 aromatic carbocycles. The van der Waals surface area contributed by atoms with Crippen molar-refractivity contribution in [1.82, 2.24) is 5.32 Å². The zero-order valence-electron chi connectivity index (χ0n) is 8.48. The molecule has 1 fully saturated rings. The van der Waals surface area contributed by atoms with Crippen LogP contribution in [-0.4, -0.2) is 22.8 Å². The molecule has 0 aromatic rings. The lowest BCUT2D eigenvalue weighted by molar-refractivity contribution is 0.131. The molecule has 1 saturated heterocycles. The lowest BCUT2D eigenvalue weighted by Gasteiger charge is -2.44. The van der Waals surface area contributed by atoms with Crippen molar-refractivity contribution in [2.24, 2.45) is 0 Å². The van der Waals surface area contributed by atoms with E-state index in [1.165, 1.54) is 19.3 Å². The Hall–Kier alpha value is -0.0800. The highest BCUT2D eigenvalue weighted by Crippen LogP contribution is 2.30. The molecule has 72 valence electrons. The molecule has 2 heteroatoms. The van der Waals surface area contributed by atoms with Gasteiger partial charge in [-0.3, -0.25) is 0 Å². The van der Waals surface area contributed by atoms with Gasteiger partial charge in [0, 0.05) is 17.7 Å². The average molecular weight is 171 g/mol. The van der Waals surface area contributed by atoms with Crippen LogP contribution in [0.25, 0.3) is 0 Å². The second-order valence-corrected chi connectivity index (χ2v) is 4.90. The molecule has 1 atom stereocenters. The Labute approximate surface area is 75.4 Å². The van der Waals surface area contributed by atoms with Gasteiger partial charge in [0.25, 0.3) is 0 Å². The van der Waals surface area contributed by atoms with Crippen LogP contribution in [0, 0.1) is 0 Å². The first kappa shape index (κ1) is 10.0. The van der Waals surface area contributed by atoms with E-state index in [0.29, 0.717) is 6.61 Å². The largest absolute Gasteiger partial charge is 0.396 e. The van der Waals surface area contributed by atoms with Crippen LogP contribution in [0.1, 0.15) is 46.5 Å². The van der Waals surface area contributed by atoms with Crippen LogP contribution in [-0.2, 0) is 0 Å². The third-order valence-corrected chi connectivity index (χ3v) is 2.83. The molecule has 1 heterocycles. The minimum absolute atomic E-state index is 0.163. The van der Waals surface area contributed by atoms with Crippen LogP contribution < -0.4 is 5.32 Å². The molecule has 0 radical (unpaired) electrons. The quantitative estimate of drug-likeness (QED) is 0.662. The Kier molecular flexibility index (Phi) is 2.79. The summed E-state index contributed by atoms with van der Waals surface area (Å²) in [4.78, 5) is 0. The first-order chi connectivity index (χ1) is 5.47. The van der Waals surface area contributed by atoms with E-state index in [9.17, 15) is 0 Å². The van der Waals surface area contributed by atoms with E-state index in [4.69, 9.17) is 5.11 Å². The van der Waals surface area contributed by atoms with Gasteiger partial charge in [-0.1, -0.05) is 0 Å². The van der Waals surface area contributed by atoms with Gasteiger partial charge in [0.05, 0.1) is 0 Å². The summed E-state index contributed by atoms with van der Waals surface area (Å²) in [5, 5.41) is 12.5. The van der Waals surface area contributed by atoms with Crippen LogP contribution in [0.15, 0.2) is 0 Å². The van der Waals surface area contributed by atoms with Gasteiger partial charge in [-0.2, -0.15) is 0 Å². The molecular weight excluding hydrogens is 150 g/mol. The number of piperidine rings is 1. The second-order valence-electron chi connectivity index (χ2n) is 4.90. The number of hydrogen-bond donors (Lipinski definition) is 2. The molecule has 0 saturated carbocycles. The zero-order chi connectivity index (χ0) is 9.24. The van der Waals surface area contributed by atoms with Crippen molar-refractivity contribution in [3.63, 3.8) is 0 Å². The first-order valence-electron chi connectivity index (χ1n) is 4.88. The van der Waals surface area contributed by atoms with E-state index < -0.39 is 0 Å². The third kappa shape index (κ3) is 2.46. The van der Waals surface area contributed by atoms with E-state index in [2.05, 4.69) is 26.1 Å². The molecule has 0 spiro atoms. The van der Waals surface area contributed by atoms with Crippen LogP contribution in [0.4, 0.5) is 0 Å². The van der Waals surface area contributed by atoms with Gasteiger partial charge in [-0.15, -0.1) is 0 Å². The second kappa shape index (κ2) is 3.35. The van der Waals surface area contributed by atoms with E-state index in [-0.39, 0.29) is 11.1 Å². The fourth-order valence-electron chi connectivity index (χ4n) is 2.30.